The summed E-state index contributed by atoms with van der Waals surface area (Å²) in [5.74, 6) is 1.87. The maximum atomic E-state index is 13.3. The van der Waals surface area contributed by atoms with Crippen LogP contribution in [0.15, 0.2) is 47.1 Å². The maximum Gasteiger partial charge on any atom is 0.291 e. The molecule has 1 atom stereocenters. The topological polar surface area (TPSA) is 93.3 Å². The summed E-state index contributed by atoms with van der Waals surface area (Å²) < 4.78 is 7.34. The van der Waals surface area contributed by atoms with E-state index in [1.165, 1.54) is 12.7 Å². The lowest BCUT2D eigenvalue weighted by atomic mass is 10.1. The molecule has 0 spiro atoms. The normalized spacial score (nSPS) is 18.5. The van der Waals surface area contributed by atoms with Gasteiger partial charge in [-0.3, -0.25) is 9.59 Å². The minimum absolute atomic E-state index is 0.0163. The highest BCUT2D eigenvalue weighted by Crippen LogP contribution is 2.33. The zero-order valence-electron chi connectivity index (χ0n) is 17.3. The molecule has 0 bridgehead atoms. The average molecular weight is 419 g/mol. The third-order valence-corrected chi connectivity index (χ3v) is 6.08. The molecule has 2 aromatic heterocycles. The second-order valence-electron chi connectivity index (χ2n) is 8.10. The van der Waals surface area contributed by atoms with Crippen molar-refractivity contribution in [3.63, 3.8) is 0 Å². The van der Waals surface area contributed by atoms with Gasteiger partial charge in [-0.05, 0) is 62.1 Å². The van der Waals surface area contributed by atoms with E-state index < -0.39 is 0 Å². The molecule has 3 aromatic rings. The van der Waals surface area contributed by atoms with E-state index in [9.17, 15) is 9.59 Å². The molecule has 1 saturated heterocycles. The fourth-order valence-electron chi connectivity index (χ4n) is 4.49. The Morgan fingerprint density at radius 3 is 2.68 bits per heavy atom. The lowest BCUT2D eigenvalue weighted by molar-refractivity contribution is 0.0727. The van der Waals surface area contributed by atoms with Gasteiger partial charge in [0.25, 0.3) is 11.8 Å². The van der Waals surface area contributed by atoms with Crippen molar-refractivity contribution < 1.29 is 14.0 Å². The first-order chi connectivity index (χ1) is 15.2. The predicted octanol–water partition coefficient (Wildman–Crippen LogP) is 3.83. The van der Waals surface area contributed by atoms with Crippen molar-refractivity contribution in [1.29, 1.82) is 0 Å². The van der Waals surface area contributed by atoms with Crippen molar-refractivity contribution in [2.24, 2.45) is 0 Å². The van der Waals surface area contributed by atoms with Crippen LogP contribution < -0.4 is 5.32 Å². The zero-order chi connectivity index (χ0) is 21.2. The van der Waals surface area contributed by atoms with Gasteiger partial charge in [0.15, 0.2) is 11.6 Å². The van der Waals surface area contributed by atoms with Gasteiger partial charge in [0.05, 0.1) is 12.3 Å². The number of carbonyl (C=O) groups is 2. The Morgan fingerprint density at radius 1 is 1.00 bits per heavy atom. The molecule has 0 radical (unpaired) electrons. The van der Waals surface area contributed by atoms with Crippen LogP contribution in [-0.2, 0) is 13.0 Å². The second kappa shape index (κ2) is 8.37. The number of nitrogens with one attached hydrogen (secondary N) is 1. The summed E-state index contributed by atoms with van der Waals surface area (Å²) in [6, 6.07) is 10.2. The van der Waals surface area contributed by atoms with Crippen molar-refractivity contribution >= 4 is 17.5 Å². The minimum atomic E-state index is -0.323. The zero-order valence-corrected chi connectivity index (χ0v) is 17.3. The first kappa shape index (κ1) is 19.5. The SMILES string of the molecule is O=C(Nc1ccc(C(=O)N2CCCC2c2nnc3n2CCCCC3)cc1)c1ccco1. The van der Waals surface area contributed by atoms with Crippen molar-refractivity contribution in [3.05, 3.63) is 65.6 Å². The molecule has 0 saturated carbocycles. The molecule has 8 nitrogen and oxygen atoms in total. The Labute approximate surface area is 180 Å². The Morgan fingerprint density at radius 2 is 1.87 bits per heavy atom. The van der Waals surface area contributed by atoms with Crippen LogP contribution in [0.2, 0.25) is 0 Å². The van der Waals surface area contributed by atoms with Gasteiger partial charge in [-0.25, -0.2) is 0 Å². The molecular weight excluding hydrogens is 394 g/mol. The number of carbonyl (C=O) groups excluding carboxylic acids is 2. The molecule has 1 aromatic carbocycles. The summed E-state index contributed by atoms with van der Waals surface area (Å²) in [4.78, 5) is 27.3. The Kier molecular flexibility index (Phi) is 5.28. The molecule has 2 aliphatic rings. The first-order valence-electron chi connectivity index (χ1n) is 10.9. The van der Waals surface area contributed by atoms with Crippen LogP contribution in [0, 0.1) is 0 Å². The Hall–Kier alpha value is -3.42. The quantitative estimate of drug-likeness (QED) is 0.694. The molecule has 1 fully saturated rings. The van der Waals surface area contributed by atoms with E-state index in [2.05, 4.69) is 20.1 Å². The van der Waals surface area contributed by atoms with Crippen LogP contribution in [-0.4, -0.2) is 38.0 Å². The van der Waals surface area contributed by atoms with E-state index in [-0.39, 0.29) is 23.6 Å². The van der Waals surface area contributed by atoms with Gasteiger partial charge in [0.2, 0.25) is 0 Å². The molecule has 4 heterocycles. The van der Waals surface area contributed by atoms with Crippen LogP contribution in [0.3, 0.4) is 0 Å². The smallest absolute Gasteiger partial charge is 0.291 e. The van der Waals surface area contributed by atoms with E-state index in [1.807, 2.05) is 4.90 Å². The summed E-state index contributed by atoms with van der Waals surface area (Å²) >= 11 is 0. The number of hydrogen-bond donors (Lipinski definition) is 1. The lowest BCUT2D eigenvalue weighted by Gasteiger charge is -2.25. The van der Waals surface area contributed by atoms with E-state index in [4.69, 9.17) is 4.42 Å². The van der Waals surface area contributed by atoms with Gasteiger partial charge in [0.1, 0.15) is 5.82 Å². The molecule has 2 aliphatic heterocycles. The molecule has 160 valence electrons. The first-order valence-corrected chi connectivity index (χ1v) is 10.9. The highest BCUT2D eigenvalue weighted by molar-refractivity contribution is 6.02. The Balaban J connectivity index is 1.31. The highest BCUT2D eigenvalue weighted by atomic mass is 16.3. The van der Waals surface area contributed by atoms with Gasteiger partial charge in [-0.2, -0.15) is 0 Å². The van der Waals surface area contributed by atoms with Crippen LogP contribution in [0.4, 0.5) is 5.69 Å². The van der Waals surface area contributed by atoms with Gasteiger partial charge in [0, 0.05) is 30.8 Å². The number of furan rings is 1. The monoisotopic (exact) mass is 419 g/mol. The molecule has 1 N–H and O–H groups in total. The summed E-state index contributed by atoms with van der Waals surface area (Å²) in [6.07, 6.45) is 7.75. The van der Waals surface area contributed by atoms with E-state index in [0.29, 0.717) is 17.8 Å². The second-order valence-corrected chi connectivity index (χ2v) is 8.10. The standard InChI is InChI=1S/C23H25N5O3/c29-22(19-7-5-15-31-19)24-17-11-9-16(10-12-17)23(30)27-14-4-6-18(27)21-26-25-20-8-2-1-3-13-28(20)21/h5,7,9-12,15,18H,1-4,6,8,13-14H2,(H,24,29). The van der Waals surface area contributed by atoms with Gasteiger partial charge in [-0.1, -0.05) is 6.42 Å². The fraction of sp³-hybridized carbons (Fsp3) is 0.391. The van der Waals surface area contributed by atoms with Crippen molar-refractivity contribution in [3.8, 4) is 0 Å². The number of rotatable bonds is 4. The number of fused-ring (bicyclic) bond motifs is 1. The summed E-state index contributed by atoms with van der Waals surface area (Å²) in [7, 11) is 0. The molecule has 2 amide bonds. The third kappa shape index (κ3) is 3.85. The number of hydrogen-bond acceptors (Lipinski definition) is 5. The van der Waals surface area contributed by atoms with E-state index >= 15 is 0 Å². The number of anilines is 1. The predicted molar refractivity (Wildman–Crippen MR) is 114 cm³/mol. The molecule has 1 unspecified atom stereocenters. The number of nitrogens with zero attached hydrogens (tertiary/aromatic N) is 4. The average Bonchev–Trinajstić information content (AvgIpc) is 3.52. The van der Waals surface area contributed by atoms with Crippen molar-refractivity contribution in [2.45, 2.75) is 51.1 Å². The number of benzene rings is 1. The summed E-state index contributed by atoms with van der Waals surface area (Å²) in [5.41, 5.74) is 1.21. The van der Waals surface area contributed by atoms with Crippen molar-refractivity contribution in [2.75, 3.05) is 11.9 Å². The molecular formula is C23H25N5O3. The lowest BCUT2D eigenvalue weighted by Crippen LogP contribution is -2.32. The van der Waals surface area contributed by atoms with Crippen LogP contribution in [0.25, 0.3) is 0 Å². The largest absolute Gasteiger partial charge is 0.459 e. The number of aromatic nitrogens is 3. The van der Waals surface area contributed by atoms with Gasteiger partial charge >= 0.3 is 0 Å². The van der Waals surface area contributed by atoms with Crippen LogP contribution >= 0.6 is 0 Å². The third-order valence-electron chi connectivity index (χ3n) is 6.08. The van der Waals surface area contributed by atoms with E-state index in [0.717, 1.165) is 50.3 Å². The molecule has 31 heavy (non-hydrogen) atoms. The van der Waals surface area contributed by atoms with Crippen LogP contribution in [0.5, 0.6) is 0 Å². The summed E-state index contributed by atoms with van der Waals surface area (Å²) in [5, 5.41) is 11.7. The molecule has 5 rings (SSSR count). The minimum Gasteiger partial charge on any atom is -0.459 e. The Bertz CT molecular complexity index is 1070. The number of likely N-dealkylation sites (tertiary alicyclic amines) is 1. The maximum absolute atomic E-state index is 13.3. The number of amides is 2. The van der Waals surface area contributed by atoms with Crippen LogP contribution in [0.1, 0.15) is 70.7 Å². The summed E-state index contributed by atoms with van der Waals surface area (Å²) in [6.45, 7) is 1.64. The van der Waals surface area contributed by atoms with Crippen molar-refractivity contribution in [1.82, 2.24) is 19.7 Å². The van der Waals surface area contributed by atoms with E-state index in [1.54, 1.807) is 36.4 Å². The molecule has 8 heteroatoms. The number of aryl methyl sites for hydroxylation is 1. The fourth-order valence-corrected chi connectivity index (χ4v) is 4.49. The van der Waals surface area contributed by atoms with Gasteiger partial charge in [-0.15, -0.1) is 10.2 Å². The molecule has 0 aliphatic carbocycles. The van der Waals surface area contributed by atoms with Gasteiger partial charge < -0.3 is 19.2 Å². The highest BCUT2D eigenvalue weighted by Gasteiger charge is 2.34.